The van der Waals surface area contributed by atoms with Gasteiger partial charge in [-0.05, 0) is 42.5 Å². The van der Waals surface area contributed by atoms with Crippen LogP contribution >= 0.6 is 23.8 Å². The molecule has 0 saturated carbocycles. The number of methoxy groups -OCH3 is 4. The number of nitrogens with one attached hydrogen (secondary N) is 2. The van der Waals surface area contributed by atoms with Gasteiger partial charge in [0.25, 0.3) is 0 Å². The van der Waals surface area contributed by atoms with E-state index < -0.39 is 5.97 Å². The van der Waals surface area contributed by atoms with E-state index in [0.29, 0.717) is 45.2 Å². The predicted molar refractivity (Wildman–Crippen MR) is 112 cm³/mol. The molecule has 0 heterocycles. The molecule has 0 amide bonds. The second kappa shape index (κ2) is 10.0. The molecule has 0 aliphatic heterocycles. The first-order chi connectivity index (χ1) is 13.4. The normalized spacial score (nSPS) is 10.0. The SMILES string of the molecule is COC(=O)c1ccc(Cl)c(NC(=S)NCc2ccc(OC)c(OC)c2OC)c1. The molecule has 2 N–H and O–H groups in total. The topological polar surface area (TPSA) is 78.1 Å². The zero-order chi connectivity index (χ0) is 20.7. The van der Waals surface area contributed by atoms with Crippen molar-refractivity contribution in [2.24, 2.45) is 0 Å². The highest BCUT2D eigenvalue weighted by atomic mass is 35.5. The summed E-state index contributed by atoms with van der Waals surface area (Å²) < 4.78 is 20.8. The number of ether oxygens (including phenoxy) is 4. The smallest absolute Gasteiger partial charge is 0.337 e. The molecule has 2 rings (SSSR count). The second-order valence-corrected chi connectivity index (χ2v) is 6.30. The fourth-order valence-electron chi connectivity index (χ4n) is 2.51. The summed E-state index contributed by atoms with van der Waals surface area (Å²) in [6, 6.07) is 8.37. The van der Waals surface area contributed by atoms with Crippen molar-refractivity contribution in [3.63, 3.8) is 0 Å². The van der Waals surface area contributed by atoms with Gasteiger partial charge in [-0.1, -0.05) is 11.6 Å². The van der Waals surface area contributed by atoms with Crippen LogP contribution in [0, 0.1) is 0 Å². The van der Waals surface area contributed by atoms with Gasteiger partial charge in [0.05, 0.1) is 44.7 Å². The number of carbonyl (C=O) groups excluding carboxylic acids is 1. The number of rotatable bonds is 7. The number of hydrogen-bond acceptors (Lipinski definition) is 6. The Hall–Kier alpha value is -2.71. The third-order valence-electron chi connectivity index (χ3n) is 3.86. The summed E-state index contributed by atoms with van der Waals surface area (Å²) in [5.41, 5.74) is 1.67. The minimum Gasteiger partial charge on any atom is -0.493 e. The molecule has 0 bridgehead atoms. The van der Waals surface area contributed by atoms with E-state index in [0.717, 1.165) is 5.56 Å². The molecule has 0 aliphatic rings. The van der Waals surface area contributed by atoms with Crippen LogP contribution in [-0.4, -0.2) is 39.5 Å². The van der Waals surface area contributed by atoms with Gasteiger partial charge in [0.15, 0.2) is 16.6 Å². The lowest BCUT2D eigenvalue weighted by Gasteiger charge is -2.17. The molecule has 0 fully saturated rings. The van der Waals surface area contributed by atoms with Crippen LogP contribution in [0.3, 0.4) is 0 Å². The lowest BCUT2D eigenvalue weighted by atomic mass is 10.1. The van der Waals surface area contributed by atoms with Crippen molar-refractivity contribution in [2.75, 3.05) is 33.8 Å². The molecule has 2 aromatic carbocycles. The minimum atomic E-state index is -0.464. The van der Waals surface area contributed by atoms with Gasteiger partial charge in [-0.15, -0.1) is 0 Å². The van der Waals surface area contributed by atoms with Crippen molar-refractivity contribution >= 4 is 40.6 Å². The summed E-state index contributed by atoms with van der Waals surface area (Å²) in [7, 11) is 5.96. The van der Waals surface area contributed by atoms with E-state index in [2.05, 4.69) is 10.6 Å². The number of carbonyl (C=O) groups is 1. The van der Waals surface area contributed by atoms with E-state index in [-0.39, 0.29) is 0 Å². The van der Waals surface area contributed by atoms with E-state index in [4.69, 9.17) is 42.8 Å². The maximum atomic E-state index is 11.7. The first-order valence-electron chi connectivity index (χ1n) is 8.15. The highest BCUT2D eigenvalue weighted by Crippen LogP contribution is 2.39. The molecule has 0 atom stereocenters. The predicted octanol–water partition coefficient (Wildman–Crippen LogP) is 3.64. The van der Waals surface area contributed by atoms with E-state index >= 15 is 0 Å². The van der Waals surface area contributed by atoms with Crippen LogP contribution in [0.15, 0.2) is 30.3 Å². The number of anilines is 1. The molecule has 0 spiro atoms. The number of halogens is 1. The van der Waals surface area contributed by atoms with Crippen LogP contribution in [0.1, 0.15) is 15.9 Å². The molecule has 150 valence electrons. The van der Waals surface area contributed by atoms with Crippen molar-refractivity contribution in [3.05, 3.63) is 46.5 Å². The van der Waals surface area contributed by atoms with Gasteiger partial charge in [0, 0.05) is 12.1 Å². The van der Waals surface area contributed by atoms with Crippen LogP contribution in [-0.2, 0) is 11.3 Å². The first kappa shape index (κ1) is 21.6. The van der Waals surface area contributed by atoms with Crippen LogP contribution in [0.2, 0.25) is 5.02 Å². The maximum Gasteiger partial charge on any atom is 0.337 e. The van der Waals surface area contributed by atoms with E-state index in [1.54, 1.807) is 45.6 Å². The van der Waals surface area contributed by atoms with E-state index in [9.17, 15) is 4.79 Å². The zero-order valence-corrected chi connectivity index (χ0v) is 17.5. The van der Waals surface area contributed by atoms with Gasteiger partial charge in [-0.2, -0.15) is 0 Å². The number of esters is 1. The molecule has 0 radical (unpaired) electrons. The Morgan fingerprint density at radius 3 is 2.36 bits per heavy atom. The highest BCUT2D eigenvalue weighted by molar-refractivity contribution is 7.80. The fraction of sp³-hybridized carbons (Fsp3) is 0.263. The van der Waals surface area contributed by atoms with Crippen molar-refractivity contribution < 1.29 is 23.7 Å². The summed E-state index contributed by atoms with van der Waals surface area (Å²) in [6.07, 6.45) is 0. The van der Waals surface area contributed by atoms with Crippen molar-refractivity contribution in [1.29, 1.82) is 0 Å². The molecule has 2 aromatic rings. The fourth-order valence-corrected chi connectivity index (χ4v) is 2.86. The van der Waals surface area contributed by atoms with E-state index in [1.165, 1.54) is 7.11 Å². The standard InChI is InChI=1S/C19H21ClN2O5S/c1-24-15-8-6-12(16(25-2)17(15)26-3)10-21-19(28)22-14-9-11(18(23)27-4)5-7-13(14)20/h5-9H,10H2,1-4H3,(H2,21,22,28). The van der Waals surface area contributed by atoms with Gasteiger partial charge >= 0.3 is 5.97 Å². The Bertz CT molecular complexity index is 876. The van der Waals surface area contributed by atoms with Gasteiger partial charge in [-0.25, -0.2) is 4.79 Å². The minimum absolute atomic E-state index is 0.320. The third-order valence-corrected chi connectivity index (χ3v) is 4.44. The lowest BCUT2D eigenvalue weighted by molar-refractivity contribution is 0.0601. The second-order valence-electron chi connectivity index (χ2n) is 5.49. The summed E-state index contributed by atoms with van der Waals surface area (Å²) in [5, 5.41) is 6.78. The summed E-state index contributed by atoms with van der Waals surface area (Å²) in [4.78, 5) is 11.7. The Morgan fingerprint density at radius 2 is 1.75 bits per heavy atom. The zero-order valence-electron chi connectivity index (χ0n) is 15.9. The monoisotopic (exact) mass is 424 g/mol. The van der Waals surface area contributed by atoms with Crippen molar-refractivity contribution in [1.82, 2.24) is 5.32 Å². The summed E-state index contributed by atoms with van der Waals surface area (Å²) in [6.45, 7) is 0.365. The number of benzene rings is 2. The highest BCUT2D eigenvalue weighted by Gasteiger charge is 2.16. The largest absolute Gasteiger partial charge is 0.493 e. The van der Waals surface area contributed by atoms with E-state index in [1.807, 2.05) is 6.07 Å². The third kappa shape index (κ3) is 4.96. The Labute approximate surface area is 173 Å². The van der Waals surface area contributed by atoms with Gasteiger partial charge in [0.1, 0.15) is 0 Å². The van der Waals surface area contributed by atoms with Crippen LogP contribution < -0.4 is 24.8 Å². The molecule has 0 unspecified atom stereocenters. The average molecular weight is 425 g/mol. The molecule has 0 saturated heterocycles. The van der Waals surface area contributed by atoms with Gasteiger partial charge in [-0.3, -0.25) is 0 Å². The maximum absolute atomic E-state index is 11.7. The molecule has 7 nitrogen and oxygen atoms in total. The molecular formula is C19H21ClN2O5S. The molecule has 28 heavy (non-hydrogen) atoms. The Balaban J connectivity index is 2.12. The average Bonchev–Trinajstić information content (AvgIpc) is 2.72. The Kier molecular flexibility index (Phi) is 7.71. The van der Waals surface area contributed by atoms with Crippen LogP contribution in [0.5, 0.6) is 17.2 Å². The van der Waals surface area contributed by atoms with Crippen molar-refractivity contribution in [2.45, 2.75) is 6.54 Å². The quantitative estimate of drug-likeness (QED) is 0.515. The van der Waals surface area contributed by atoms with Crippen LogP contribution in [0.25, 0.3) is 0 Å². The molecular weight excluding hydrogens is 404 g/mol. The number of thiocarbonyl (C=S) groups is 1. The molecule has 0 aliphatic carbocycles. The summed E-state index contributed by atoms with van der Waals surface area (Å²) in [5.74, 6) is 1.14. The lowest BCUT2D eigenvalue weighted by Crippen LogP contribution is -2.28. The Morgan fingerprint density at radius 1 is 1.04 bits per heavy atom. The molecule has 0 aromatic heterocycles. The van der Waals surface area contributed by atoms with Gasteiger partial charge in [0.2, 0.25) is 5.75 Å². The number of hydrogen-bond donors (Lipinski definition) is 2. The van der Waals surface area contributed by atoms with Crippen LogP contribution in [0.4, 0.5) is 5.69 Å². The van der Waals surface area contributed by atoms with Gasteiger partial charge < -0.3 is 29.6 Å². The molecule has 9 heteroatoms. The van der Waals surface area contributed by atoms with Crippen molar-refractivity contribution in [3.8, 4) is 17.2 Å². The first-order valence-corrected chi connectivity index (χ1v) is 8.94. The summed E-state index contributed by atoms with van der Waals surface area (Å²) >= 11 is 11.5.